The van der Waals surface area contributed by atoms with Gasteiger partial charge in [0, 0.05) is 19.6 Å². The van der Waals surface area contributed by atoms with Gasteiger partial charge < -0.3 is 19.4 Å². The Morgan fingerprint density at radius 1 is 1.57 bits per heavy atom. The molecule has 0 aromatic carbocycles. The van der Waals surface area contributed by atoms with Crippen LogP contribution in [0.3, 0.4) is 0 Å². The second-order valence-electron chi connectivity index (χ2n) is 6.04. The second kappa shape index (κ2) is 8.04. The minimum atomic E-state index is -0.377. The number of esters is 1. The van der Waals surface area contributed by atoms with Crippen molar-refractivity contribution < 1.29 is 13.9 Å². The number of methoxy groups -OCH3 is 1. The molecular weight excluding hydrogens is 294 g/mol. The molecule has 1 saturated heterocycles. The summed E-state index contributed by atoms with van der Waals surface area (Å²) in [4.78, 5) is 18.6. The van der Waals surface area contributed by atoms with Gasteiger partial charge in [-0.2, -0.15) is 0 Å². The molecule has 6 nitrogen and oxygen atoms in total. The Kier molecular flexibility index (Phi) is 6.07. The van der Waals surface area contributed by atoms with Gasteiger partial charge in [0.2, 0.25) is 0 Å². The Hall–Kier alpha value is -1.98. The van der Waals surface area contributed by atoms with E-state index in [1.54, 1.807) is 13.0 Å². The highest BCUT2D eigenvalue weighted by atomic mass is 16.5. The highest BCUT2D eigenvalue weighted by Crippen LogP contribution is 2.18. The van der Waals surface area contributed by atoms with Crippen molar-refractivity contribution in [3.63, 3.8) is 0 Å². The fourth-order valence-electron chi connectivity index (χ4n) is 2.89. The number of furan rings is 1. The summed E-state index contributed by atoms with van der Waals surface area (Å²) < 4.78 is 10.4. The van der Waals surface area contributed by atoms with Gasteiger partial charge in [-0.1, -0.05) is 6.92 Å². The Morgan fingerprint density at radius 3 is 3.00 bits per heavy atom. The third kappa shape index (κ3) is 4.50. The number of ether oxygens (including phenoxy) is 1. The van der Waals surface area contributed by atoms with Gasteiger partial charge in [0.05, 0.1) is 7.11 Å². The lowest BCUT2D eigenvalue weighted by Gasteiger charge is -2.33. The standard InChI is InChI=1S/C17H27N3O3/c1-5-18-17(20-8-6-7-12(2)11-20)19-10-14-9-15(13(3)23-14)16(21)22-4/h9,12H,5-8,10-11H2,1-4H3,(H,18,19). The van der Waals surface area contributed by atoms with Gasteiger partial charge in [-0.25, -0.2) is 9.79 Å². The van der Waals surface area contributed by atoms with Crippen LogP contribution in [0.2, 0.25) is 0 Å². The lowest BCUT2D eigenvalue weighted by Crippen LogP contribution is -2.46. The highest BCUT2D eigenvalue weighted by Gasteiger charge is 2.20. The zero-order valence-corrected chi connectivity index (χ0v) is 14.5. The molecule has 1 unspecified atom stereocenters. The van der Waals surface area contributed by atoms with E-state index in [1.165, 1.54) is 20.0 Å². The maximum Gasteiger partial charge on any atom is 0.341 e. The summed E-state index contributed by atoms with van der Waals surface area (Å²) in [7, 11) is 1.37. The highest BCUT2D eigenvalue weighted by molar-refractivity contribution is 5.90. The minimum Gasteiger partial charge on any atom is -0.465 e. The van der Waals surface area contributed by atoms with E-state index in [9.17, 15) is 4.79 Å². The number of hydrogen-bond acceptors (Lipinski definition) is 4. The van der Waals surface area contributed by atoms with Gasteiger partial charge in [0.1, 0.15) is 23.6 Å². The number of rotatable bonds is 4. The van der Waals surface area contributed by atoms with Crippen LogP contribution in [0.4, 0.5) is 0 Å². The number of carbonyl (C=O) groups is 1. The molecule has 1 aliphatic heterocycles. The molecule has 0 radical (unpaired) electrons. The number of nitrogens with zero attached hydrogens (tertiary/aromatic N) is 2. The van der Waals surface area contributed by atoms with Gasteiger partial charge in [-0.3, -0.25) is 0 Å². The molecular formula is C17H27N3O3. The first-order valence-electron chi connectivity index (χ1n) is 8.26. The molecule has 1 aliphatic rings. The molecule has 0 saturated carbocycles. The predicted molar refractivity (Wildman–Crippen MR) is 89.6 cm³/mol. The lowest BCUT2D eigenvalue weighted by molar-refractivity contribution is 0.0599. The molecule has 0 bridgehead atoms. The van der Waals surface area contributed by atoms with Crippen molar-refractivity contribution >= 4 is 11.9 Å². The molecule has 0 aliphatic carbocycles. The number of carbonyl (C=O) groups excluding carboxylic acids is 1. The molecule has 0 spiro atoms. The maximum atomic E-state index is 11.6. The van der Waals surface area contributed by atoms with Gasteiger partial charge in [-0.05, 0) is 38.7 Å². The summed E-state index contributed by atoms with van der Waals surface area (Å²) in [6.45, 7) is 9.39. The zero-order valence-electron chi connectivity index (χ0n) is 14.5. The van der Waals surface area contributed by atoms with Gasteiger partial charge in [-0.15, -0.1) is 0 Å². The number of nitrogens with one attached hydrogen (secondary N) is 1. The molecule has 2 rings (SSSR count). The van der Waals surface area contributed by atoms with E-state index in [2.05, 4.69) is 29.1 Å². The van der Waals surface area contributed by atoms with E-state index in [0.717, 1.165) is 25.6 Å². The van der Waals surface area contributed by atoms with E-state index in [4.69, 9.17) is 9.15 Å². The van der Waals surface area contributed by atoms with Crippen molar-refractivity contribution in [1.29, 1.82) is 0 Å². The fraction of sp³-hybridized carbons (Fsp3) is 0.647. The maximum absolute atomic E-state index is 11.6. The van der Waals surface area contributed by atoms with Crippen LogP contribution in [0.1, 0.15) is 48.6 Å². The molecule has 1 aromatic heterocycles. The van der Waals surface area contributed by atoms with Crippen LogP contribution >= 0.6 is 0 Å². The fourth-order valence-corrected chi connectivity index (χ4v) is 2.89. The molecule has 1 fully saturated rings. The topological polar surface area (TPSA) is 67.1 Å². The first-order valence-corrected chi connectivity index (χ1v) is 8.26. The lowest BCUT2D eigenvalue weighted by atomic mass is 10.0. The van der Waals surface area contributed by atoms with E-state index in [0.29, 0.717) is 29.5 Å². The number of likely N-dealkylation sites (tertiary alicyclic amines) is 1. The summed E-state index contributed by atoms with van der Waals surface area (Å²) in [6.07, 6.45) is 2.47. The quantitative estimate of drug-likeness (QED) is 0.524. The first kappa shape index (κ1) is 17.4. The van der Waals surface area contributed by atoms with E-state index >= 15 is 0 Å². The third-order valence-corrected chi connectivity index (χ3v) is 4.05. The van der Waals surface area contributed by atoms with Gasteiger partial charge in [0.25, 0.3) is 0 Å². The Bertz CT molecular complexity index is 565. The SMILES string of the molecule is CCNC(=NCc1cc(C(=O)OC)c(C)o1)N1CCCC(C)C1. The summed E-state index contributed by atoms with van der Waals surface area (Å²) in [5.41, 5.74) is 0.467. The predicted octanol–water partition coefficient (Wildman–Crippen LogP) is 2.57. The van der Waals surface area contributed by atoms with Crippen molar-refractivity contribution in [2.75, 3.05) is 26.7 Å². The minimum absolute atomic E-state index is 0.377. The number of guanidine groups is 1. The molecule has 128 valence electrons. The van der Waals surface area contributed by atoms with E-state index in [1.807, 2.05) is 0 Å². The molecule has 1 atom stereocenters. The number of piperidine rings is 1. The Balaban J connectivity index is 2.09. The Labute approximate surface area is 137 Å². The molecule has 23 heavy (non-hydrogen) atoms. The normalized spacial score (nSPS) is 18.9. The van der Waals surface area contributed by atoms with Crippen LogP contribution in [0.25, 0.3) is 0 Å². The number of hydrogen-bond donors (Lipinski definition) is 1. The van der Waals surface area contributed by atoms with Crippen LogP contribution in [-0.2, 0) is 11.3 Å². The first-order chi connectivity index (χ1) is 11.0. The van der Waals surface area contributed by atoms with Crippen molar-refractivity contribution in [3.8, 4) is 0 Å². The monoisotopic (exact) mass is 321 g/mol. The molecule has 1 aromatic rings. The van der Waals surface area contributed by atoms with Gasteiger partial charge >= 0.3 is 5.97 Å². The van der Waals surface area contributed by atoms with Crippen LogP contribution in [-0.4, -0.2) is 43.6 Å². The average molecular weight is 321 g/mol. The van der Waals surface area contributed by atoms with Crippen molar-refractivity contribution in [2.24, 2.45) is 10.9 Å². The van der Waals surface area contributed by atoms with Crippen LogP contribution in [0.5, 0.6) is 0 Å². The number of aryl methyl sites for hydroxylation is 1. The summed E-state index contributed by atoms with van der Waals surface area (Å²) >= 11 is 0. The van der Waals surface area contributed by atoms with Crippen molar-refractivity contribution in [2.45, 2.75) is 40.2 Å². The largest absolute Gasteiger partial charge is 0.465 e. The van der Waals surface area contributed by atoms with E-state index < -0.39 is 0 Å². The molecule has 6 heteroatoms. The Morgan fingerprint density at radius 2 is 2.35 bits per heavy atom. The van der Waals surface area contributed by atoms with Crippen LogP contribution in [0, 0.1) is 12.8 Å². The molecule has 0 amide bonds. The summed E-state index contributed by atoms with van der Waals surface area (Å²) in [5.74, 6) is 2.46. The smallest absolute Gasteiger partial charge is 0.341 e. The van der Waals surface area contributed by atoms with Crippen LogP contribution in [0.15, 0.2) is 15.5 Å². The van der Waals surface area contributed by atoms with E-state index in [-0.39, 0.29) is 5.97 Å². The van der Waals surface area contributed by atoms with Crippen molar-refractivity contribution in [3.05, 3.63) is 23.2 Å². The average Bonchev–Trinajstić information content (AvgIpc) is 2.91. The number of aliphatic imine (C=N–C) groups is 1. The second-order valence-corrected chi connectivity index (χ2v) is 6.04. The molecule has 1 N–H and O–H groups in total. The van der Waals surface area contributed by atoms with Crippen molar-refractivity contribution in [1.82, 2.24) is 10.2 Å². The summed E-state index contributed by atoms with van der Waals surface area (Å²) in [5, 5.41) is 3.34. The van der Waals surface area contributed by atoms with Gasteiger partial charge in [0.15, 0.2) is 5.96 Å². The van der Waals surface area contributed by atoms with Crippen LogP contribution < -0.4 is 5.32 Å². The molecule has 2 heterocycles. The summed E-state index contributed by atoms with van der Waals surface area (Å²) in [6, 6.07) is 1.72. The zero-order chi connectivity index (χ0) is 16.8. The third-order valence-electron chi connectivity index (χ3n) is 4.05.